The Morgan fingerprint density at radius 1 is 1.23 bits per heavy atom. The zero-order valence-electron chi connectivity index (χ0n) is 16.6. The maximum absolute atomic E-state index is 14.1. The quantitative estimate of drug-likeness (QED) is 0.448. The van der Waals surface area contributed by atoms with Crippen molar-refractivity contribution in [3.63, 3.8) is 0 Å². The Labute approximate surface area is 186 Å². The predicted octanol–water partition coefficient (Wildman–Crippen LogP) is 4.89. The average Bonchev–Trinajstić information content (AvgIpc) is 3.23. The molecule has 0 bridgehead atoms. The number of hydrogen-bond acceptors (Lipinski definition) is 5. The molecule has 1 amide bonds. The van der Waals surface area contributed by atoms with Crippen molar-refractivity contribution >= 4 is 39.7 Å². The SMILES string of the molecule is CCCN(Cc1nc2cc(Cl)ccc2c(=O)[nH]1)C(=O)c1csc(-c2ccccc2F)n1. The van der Waals surface area contributed by atoms with E-state index >= 15 is 0 Å². The highest BCUT2D eigenvalue weighted by atomic mass is 35.5. The van der Waals surface area contributed by atoms with E-state index in [2.05, 4.69) is 15.0 Å². The van der Waals surface area contributed by atoms with E-state index in [1.807, 2.05) is 6.92 Å². The highest BCUT2D eigenvalue weighted by Gasteiger charge is 2.21. The smallest absolute Gasteiger partial charge is 0.273 e. The van der Waals surface area contributed by atoms with Crippen LogP contribution in [0.4, 0.5) is 4.39 Å². The lowest BCUT2D eigenvalue weighted by molar-refractivity contribution is 0.0734. The van der Waals surface area contributed by atoms with Gasteiger partial charge < -0.3 is 9.88 Å². The third-order valence-electron chi connectivity index (χ3n) is 4.67. The Morgan fingerprint density at radius 3 is 2.81 bits per heavy atom. The fourth-order valence-electron chi connectivity index (χ4n) is 3.23. The highest BCUT2D eigenvalue weighted by Crippen LogP contribution is 2.26. The van der Waals surface area contributed by atoms with Crippen LogP contribution in [0.5, 0.6) is 0 Å². The van der Waals surface area contributed by atoms with E-state index in [1.165, 1.54) is 17.4 Å². The number of carbonyl (C=O) groups is 1. The average molecular weight is 457 g/mol. The Morgan fingerprint density at radius 2 is 2.03 bits per heavy atom. The lowest BCUT2D eigenvalue weighted by Crippen LogP contribution is -2.33. The molecular weight excluding hydrogens is 439 g/mol. The van der Waals surface area contributed by atoms with Gasteiger partial charge in [0.05, 0.1) is 17.4 Å². The molecule has 0 aliphatic carbocycles. The minimum absolute atomic E-state index is 0.108. The molecule has 0 aliphatic rings. The highest BCUT2D eigenvalue weighted by molar-refractivity contribution is 7.13. The van der Waals surface area contributed by atoms with Crippen LogP contribution in [0, 0.1) is 5.82 Å². The maximum Gasteiger partial charge on any atom is 0.273 e. The molecule has 0 spiro atoms. The van der Waals surface area contributed by atoms with Gasteiger partial charge in [-0.25, -0.2) is 14.4 Å². The van der Waals surface area contributed by atoms with Crippen molar-refractivity contribution in [2.45, 2.75) is 19.9 Å². The van der Waals surface area contributed by atoms with Crippen LogP contribution < -0.4 is 5.56 Å². The summed E-state index contributed by atoms with van der Waals surface area (Å²) in [7, 11) is 0. The Hall–Kier alpha value is -3.10. The molecule has 9 heteroatoms. The van der Waals surface area contributed by atoms with Gasteiger partial charge in [-0.2, -0.15) is 0 Å². The number of rotatable bonds is 6. The molecule has 0 radical (unpaired) electrons. The van der Waals surface area contributed by atoms with Gasteiger partial charge in [0.2, 0.25) is 0 Å². The number of thiazole rings is 1. The van der Waals surface area contributed by atoms with Crippen LogP contribution in [0.15, 0.2) is 52.6 Å². The van der Waals surface area contributed by atoms with Crippen molar-refractivity contribution in [3.05, 3.63) is 80.6 Å². The van der Waals surface area contributed by atoms with Crippen LogP contribution in [0.1, 0.15) is 29.7 Å². The third kappa shape index (κ3) is 4.50. The van der Waals surface area contributed by atoms with Crippen molar-refractivity contribution in [3.8, 4) is 10.6 Å². The number of carbonyl (C=O) groups excluding carboxylic acids is 1. The van der Waals surface area contributed by atoms with Gasteiger partial charge in [0.15, 0.2) is 0 Å². The van der Waals surface area contributed by atoms with Crippen molar-refractivity contribution < 1.29 is 9.18 Å². The number of nitrogens with one attached hydrogen (secondary N) is 1. The first-order chi connectivity index (χ1) is 15.0. The molecule has 0 saturated heterocycles. The zero-order chi connectivity index (χ0) is 22.0. The third-order valence-corrected chi connectivity index (χ3v) is 5.78. The second-order valence-corrected chi connectivity index (χ2v) is 8.21. The summed E-state index contributed by atoms with van der Waals surface area (Å²) in [5.41, 5.74) is 0.746. The second kappa shape index (κ2) is 8.95. The van der Waals surface area contributed by atoms with Crippen LogP contribution in [0.2, 0.25) is 5.02 Å². The fraction of sp³-hybridized carbons (Fsp3) is 0.182. The van der Waals surface area contributed by atoms with E-state index in [1.54, 1.807) is 46.7 Å². The maximum atomic E-state index is 14.1. The summed E-state index contributed by atoms with van der Waals surface area (Å²) in [6.45, 7) is 2.50. The van der Waals surface area contributed by atoms with Crippen LogP contribution >= 0.6 is 22.9 Å². The van der Waals surface area contributed by atoms with Crippen LogP contribution in [-0.4, -0.2) is 32.3 Å². The Bertz CT molecular complexity index is 1320. The minimum atomic E-state index is -0.391. The first-order valence-corrected chi connectivity index (χ1v) is 10.9. The van der Waals surface area contributed by atoms with Gasteiger partial charge >= 0.3 is 0 Å². The molecule has 0 saturated carbocycles. The van der Waals surface area contributed by atoms with Gasteiger partial charge in [-0.15, -0.1) is 11.3 Å². The van der Waals surface area contributed by atoms with Gasteiger partial charge in [0.1, 0.15) is 22.3 Å². The van der Waals surface area contributed by atoms with Gasteiger partial charge in [0.25, 0.3) is 11.5 Å². The molecule has 6 nitrogen and oxygen atoms in total. The molecule has 1 N–H and O–H groups in total. The van der Waals surface area contributed by atoms with Crippen molar-refractivity contribution in [1.29, 1.82) is 0 Å². The van der Waals surface area contributed by atoms with Crippen LogP contribution in [0.25, 0.3) is 21.5 Å². The lowest BCUT2D eigenvalue weighted by atomic mass is 10.2. The monoisotopic (exact) mass is 456 g/mol. The van der Waals surface area contributed by atoms with Crippen molar-refractivity contribution in [2.24, 2.45) is 0 Å². The first-order valence-electron chi connectivity index (χ1n) is 9.64. The number of hydrogen-bond donors (Lipinski definition) is 1. The summed E-state index contributed by atoms with van der Waals surface area (Å²) in [5.74, 6) is -0.349. The van der Waals surface area contributed by atoms with Crippen molar-refractivity contribution in [2.75, 3.05) is 6.54 Å². The van der Waals surface area contributed by atoms with Crippen molar-refractivity contribution in [1.82, 2.24) is 19.9 Å². The number of fused-ring (bicyclic) bond motifs is 1. The first kappa shape index (κ1) is 21.1. The molecule has 0 fully saturated rings. The van der Waals surface area contributed by atoms with Crippen LogP contribution in [0.3, 0.4) is 0 Å². The molecule has 31 heavy (non-hydrogen) atoms. The number of aromatic nitrogens is 3. The number of aromatic amines is 1. The summed E-state index contributed by atoms with van der Waals surface area (Å²) in [5, 5.41) is 2.95. The minimum Gasteiger partial charge on any atom is -0.330 e. The van der Waals surface area contributed by atoms with Gasteiger partial charge in [-0.3, -0.25) is 9.59 Å². The van der Waals surface area contributed by atoms with Gasteiger partial charge in [0, 0.05) is 22.5 Å². The molecular formula is C22H18ClFN4O2S. The molecule has 2 aromatic heterocycles. The molecule has 158 valence electrons. The van der Waals surface area contributed by atoms with E-state index in [0.29, 0.717) is 45.3 Å². The summed E-state index contributed by atoms with van der Waals surface area (Å²) in [4.78, 5) is 38.6. The predicted molar refractivity (Wildman–Crippen MR) is 120 cm³/mol. The largest absolute Gasteiger partial charge is 0.330 e. The van der Waals surface area contributed by atoms with Crippen LogP contribution in [-0.2, 0) is 6.54 Å². The summed E-state index contributed by atoms with van der Waals surface area (Å²) >= 11 is 7.23. The van der Waals surface area contributed by atoms with Gasteiger partial charge in [-0.1, -0.05) is 30.7 Å². The summed E-state index contributed by atoms with van der Waals surface area (Å²) in [6.07, 6.45) is 0.708. The molecule has 0 aliphatic heterocycles. The molecule has 4 rings (SSSR count). The number of nitrogens with zero attached hydrogens (tertiary/aromatic N) is 3. The molecule has 2 heterocycles. The fourth-order valence-corrected chi connectivity index (χ4v) is 4.22. The molecule has 4 aromatic rings. The van der Waals surface area contributed by atoms with E-state index in [4.69, 9.17) is 11.6 Å². The lowest BCUT2D eigenvalue weighted by Gasteiger charge is -2.20. The Balaban J connectivity index is 1.62. The zero-order valence-corrected chi connectivity index (χ0v) is 18.1. The number of halogens is 2. The van der Waals surface area contributed by atoms with E-state index in [-0.39, 0.29) is 23.7 Å². The van der Waals surface area contributed by atoms with E-state index < -0.39 is 5.82 Å². The summed E-state index contributed by atoms with van der Waals surface area (Å²) in [6, 6.07) is 11.2. The van der Waals surface area contributed by atoms with E-state index in [9.17, 15) is 14.0 Å². The number of benzene rings is 2. The molecule has 0 atom stereocenters. The standard InChI is InChI=1S/C22H18ClFN4O2S/c1-2-9-28(11-19-25-17-10-13(23)7-8-15(17)20(29)27-19)22(30)18-12-31-21(26-18)14-5-3-4-6-16(14)24/h3-8,10,12H,2,9,11H2,1H3,(H,25,27,29). The van der Waals surface area contributed by atoms with Gasteiger partial charge in [-0.05, 0) is 36.8 Å². The molecule has 2 aromatic carbocycles. The number of amides is 1. The topological polar surface area (TPSA) is 79.0 Å². The van der Waals surface area contributed by atoms with E-state index in [0.717, 1.165) is 0 Å². The second-order valence-electron chi connectivity index (χ2n) is 6.92. The molecule has 0 unspecified atom stereocenters. The Kier molecular flexibility index (Phi) is 6.11. The summed E-state index contributed by atoms with van der Waals surface area (Å²) < 4.78 is 14.1. The normalized spacial score (nSPS) is 11.1. The number of H-pyrrole nitrogens is 1.